The van der Waals surface area contributed by atoms with E-state index in [1.807, 2.05) is 13.8 Å². The van der Waals surface area contributed by atoms with Crippen molar-refractivity contribution in [2.24, 2.45) is 0 Å². The van der Waals surface area contributed by atoms with Crippen molar-refractivity contribution in [3.8, 4) is 5.75 Å². The van der Waals surface area contributed by atoms with Crippen molar-refractivity contribution in [3.05, 3.63) is 48.5 Å². The molecule has 0 aliphatic rings. The Labute approximate surface area is 186 Å². The number of unbranched alkanes of at least 4 members (excludes halogenated alkanes) is 2. The molecule has 0 amide bonds. The number of hydrogen-bond donors (Lipinski definition) is 0. The second-order valence-electron chi connectivity index (χ2n) is 7.23. The van der Waals surface area contributed by atoms with Crippen LogP contribution in [0.2, 0.25) is 0 Å². The molecule has 172 valence electrons. The first-order valence-electron chi connectivity index (χ1n) is 10.4. The molecule has 0 fully saturated rings. The molecule has 2 rings (SSSR count). The van der Waals surface area contributed by atoms with Gasteiger partial charge in [-0.3, -0.25) is 4.31 Å². The maximum atomic E-state index is 13.4. The molecule has 0 heterocycles. The SMILES string of the molecule is CCCCN(CCCC)S(=O)(=O)c1ccc(OC)c(N(C)S(=O)(=O)c2ccccc2)c1. The minimum Gasteiger partial charge on any atom is -0.495 e. The second-order valence-corrected chi connectivity index (χ2v) is 11.1. The normalized spacial score (nSPS) is 12.2. The van der Waals surface area contributed by atoms with Gasteiger partial charge in [-0.2, -0.15) is 4.31 Å². The van der Waals surface area contributed by atoms with Gasteiger partial charge in [-0.25, -0.2) is 16.8 Å². The van der Waals surface area contributed by atoms with Crippen LogP contribution in [0.1, 0.15) is 39.5 Å². The molecule has 0 spiro atoms. The average molecular weight is 469 g/mol. The Kier molecular flexibility index (Phi) is 8.90. The summed E-state index contributed by atoms with van der Waals surface area (Å²) in [7, 11) is -4.86. The van der Waals surface area contributed by atoms with E-state index in [0.717, 1.165) is 30.0 Å². The molecule has 7 nitrogen and oxygen atoms in total. The number of anilines is 1. The molecule has 0 saturated carbocycles. The van der Waals surface area contributed by atoms with Gasteiger partial charge in [0.05, 0.1) is 22.6 Å². The molecule has 0 radical (unpaired) electrons. The highest BCUT2D eigenvalue weighted by Crippen LogP contribution is 2.34. The Bertz CT molecular complexity index is 1050. The van der Waals surface area contributed by atoms with Gasteiger partial charge in [-0.1, -0.05) is 44.9 Å². The highest BCUT2D eigenvalue weighted by atomic mass is 32.2. The van der Waals surface area contributed by atoms with Crippen molar-refractivity contribution >= 4 is 25.7 Å². The minimum atomic E-state index is -3.89. The molecule has 0 atom stereocenters. The molecule has 0 bridgehead atoms. The first kappa shape index (κ1) is 25.2. The second kappa shape index (κ2) is 11.0. The molecular weight excluding hydrogens is 436 g/mol. The fourth-order valence-electron chi connectivity index (χ4n) is 3.13. The van der Waals surface area contributed by atoms with Crippen molar-refractivity contribution < 1.29 is 21.6 Å². The smallest absolute Gasteiger partial charge is 0.264 e. The zero-order chi connectivity index (χ0) is 23.1. The molecule has 0 unspecified atom stereocenters. The molecule has 0 aromatic heterocycles. The van der Waals surface area contributed by atoms with E-state index in [1.165, 1.54) is 48.8 Å². The Balaban J connectivity index is 2.52. The van der Waals surface area contributed by atoms with Gasteiger partial charge in [-0.05, 0) is 43.2 Å². The number of sulfonamides is 2. The van der Waals surface area contributed by atoms with Gasteiger partial charge in [-0.15, -0.1) is 0 Å². The summed E-state index contributed by atoms with van der Waals surface area (Å²) in [4.78, 5) is 0.158. The first-order chi connectivity index (χ1) is 14.7. The lowest BCUT2D eigenvalue weighted by Gasteiger charge is -2.25. The lowest BCUT2D eigenvalue weighted by atomic mass is 10.3. The average Bonchev–Trinajstić information content (AvgIpc) is 2.78. The van der Waals surface area contributed by atoms with Crippen LogP contribution < -0.4 is 9.04 Å². The quantitative estimate of drug-likeness (QED) is 0.468. The van der Waals surface area contributed by atoms with Crippen LogP contribution >= 0.6 is 0 Å². The third kappa shape index (κ3) is 5.78. The van der Waals surface area contributed by atoms with E-state index in [4.69, 9.17) is 4.74 Å². The monoisotopic (exact) mass is 468 g/mol. The van der Waals surface area contributed by atoms with Crippen LogP contribution in [0, 0.1) is 0 Å². The Hall–Kier alpha value is -2.10. The van der Waals surface area contributed by atoms with Crippen molar-refractivity contribution in [1.29, 1.82) is 0 Å². The van der Waals surface area contributed by atoms with E-state index < -0.39 is 20.0 Å². The van der Waals surface area contributed by atoms with Crippen LogP contribution in [0.15, 0.2) is 58.3 Å². The molecule has 2 aromatic carbocycles. The molecule has 31 heavy (non-hydrogen) atoms. The van der Waals surface area contributed by atoms with Gasteiger partial charge in [0.1, 0.15) is 5.75 Å². The van der Waals surface area contributed by atoms with Crippen molar-refractivity contribution in [2.75, 3.05) is 31.6 Å². The first-order valence-corrected chi connectivity index (χ1v) is 13.3. The van der Waals surface area contributed by atoms with Crippen LogP contribution in [0.4, 0.5) is 5.69 Å². The van der Waals surface area contributed by atoms with E-state index in [0.29, 0.717) is 13.1 Å². The van der Waals surface area contributed by atoms with Crippen molar-refractivity contribution in [1.82, 2.24) is 4.31 Å². The number of nitrogens with zero attached hydrogens (tertiary/aromatic N) is 2. The molecule has 0 aliphatic carbocycles. The Morgan fingerprint density at radius 1 is 0.806 bits per heavy atom. The van der Waals surface area contributed by atoms with Crippen LogP contribution in [0.5, 0.6) is 5.75 Å². The number of benzene rings is 2. The summed E-state index contributed by atoms with van der Waals surface area (Å²) < 4.78 is 60.8. The number of rotatable bonds is 12. The standard InChI is InChI=1S/C22H32N2O5S2/c1-5-7-16-24(17-8-6-2)31(27,28)20-14-15-22(29-4)21(18-20)23(3)30(25,26)19-12-10-9-11-13-19/h9-15,18H,5-8,16-17H2,1-4H3. The van der Waals surface area contributed by atoms with E-state index >= 15 is 0 Å². The van der Waals surface area contributed by atoms with Gasteiger partial charge >= 0.3 is 0 Å². The third-order valence-corrected chi connectivity index (χ3v) is 8.73. The van der Waals surface area contributed by atoms with Crippen LogP contribution in [-0.2, 0) is 20.0 Å². The number of ether oxygens (including phenoxy) is 1. The molecular formula is C22H32N2O5S2. The summed E-state index contributed by atoms with van der Waals surface area (Å²) in [5.74, 6) is 0.273. The molecule has 0 N–H and O–H groups in total. The van der Waals surface area contributed by atoms with Crippen LogP contribution in [0.3, 0.4) is 0 Å². The van der Waals surface area contributed by atoms with Gasteiger partial charge in [0.15, 0.2) is 0 Å². The molecule has 0 aliphatic heterocycles. The summed E-state index contributed by atoms with van der Waals surface area (Å²) in [6.45, 7) is 4.88. The maximum absolute atomic E-state index is 13.4. The Morgan fingerprint density at radius 2 is 1.39 bits per heavy atom. The van der Waals surface area contributed by atoms with E-state index in [-0.39, 0.29) is 21.2 Å². The minimum absolute atomic E-state index is 0.0469. The lowest BCUT2D eigenvalue weighted by Crippen LogP contribution is -2.33. The van der Waals surface area contributed by atoms with Gasteiger partial charge in [0, 0.05) is 20.1 Å². The Morgan fingerprint density at radius 3 is 1.90 bits per heavy atom. The largest absolute Gasteiger partial charge is 0.495 e. The summed E-state index contributed by atoms with van der Waals surface area (Å²) in [5, 5.41) is 0. The molecule has 2 aromatic rings. The third-order valence-electron chi connectivity index (χ3n) is 5.05. The van der Waals surface area contributed by atoms with Crippen LogP contribution in [0.25, 0.3) is 0 Å². The lowest BCUT2D eigenvalue weighted by molar-refractivity contribution is 0.395. The highest BCUT2D eigenvalue weighted by molar-refractivity contribution is 7.92. The van der Waals surface area contributed by atoms with E-state index in [2.05, 4.69) is 0 Å². The zero-order valence-corrected chi connectivity index (χ0v) is 20.2. The van der Waals surface area contributed by atoms with Crippen molar-refractivity contribution in [3.63, 3.8) is 0 Å². The predicted molar refractivity (Wildman–Crippen MR) is 124 cm³/mol. The molecule has 9 heteroatoms. The van der Waals surface area contributed by atoms with E-state index in [1.54, 1.807) is 18.2 Å². The number of hydrogen-bond acceptors (Lipinski definition) is 5. The fraction of sp³-hybridized carbons (Fsp3) is 0.455. The topological polar surface area (TPSA) is 84.0 Å². The maximum Gasteiger partial charge on any atom is 0.264 e. The zero-order valence-electron chi connectivity index (χ0n) is 18.6. The van der Waals surface area contributed by atoms with E-state index in [9.17, 15) is 16.8 Å². The highest BCUT2D eigenvalue weighted by Gasteiger charge is 2.28. The van der Waals surface area contributed by atoms with Crippen LogP contribution in [-0.4, -0.2) is 48.4 Å². The summed E-state index contributed by atoms with van der Waals surface area (Å²) in [5.41, 5.74) is 0.165. The summed E-state index contributed by atoms with van der Waals surface area (Å²) in [6, 6.07) is 12.3. The number of methoxy groups -OCH3 is 1. The van der Waals surface area contributed by atoms with Gasteiger partial charge in [0.25, 0.3) is 10.0 Å². The fourth-order valence-corrected chi connectivity index (χ4v) is 5.88. The summed E-state index contributed by atoms with van der Waals surface area (Å²) in [6.07, 6.45) is 3.27. The summed E-state index contributed by atoms with van der Waals surface area (Å²) >= 11 is 0. The van der Waals surface area contributed by atoms with Crippen molar-refractivity contribution in [2.45, 2.75) is 49.3 Å². The predicted octanol–water partition coefficient (Wildman–Crippen LogP) is 4.11. The molecule has 0 saturated heterocycles. The van der Waals surface area contributed by atoms with Gasteiger partial charge in [0.2, 0.25) is 10.0 Å². The van der Waals surface area contributed by atoms with Gasteiger partial charge < -0.3 is 4.74 Å².